The van der Waals surface area contributed by atoms with E-state index in [1.54, 1.807) is 11.4 Å². The average Bonchev–Trinajstić information content (AvgIpc) is 3.42. The van der Waals surface area contributed by atoms with Crippen molar-refractivity contribution >= 4 is 39.8 Å². The number of nitrogens with zero attached hydrogens (tertiary/aromatic N) is 6. The van der Waals surface area contributed by atoms with Crippen LogP contribution in [0.15, 0.2) is 12.4 Å². The van der Waals surface area contributed by atoms with Crippen molar-refractivity contribution in [2.75, 3.05) is 49.5 Å². The number of aromatic nitrogens is 4. The fraction of sp³-hybridized carbons (Fsp3) is 0.542. The van der Waals surface area contributed by atoms with Gasteiger partial charge in [-0.05, 0) is 44.6 Å². The number of rotatable bonds is 6. The maximum absolute atomic E-state index is 13.0. The second-order valence-corrected chi connectivity index (χ2v) is 10.4. The molecule has 0 saturated carbocycles. The molecule has 10 nitrogen and oxygen atoms in total. The van der Waals surface area contributed by atoms with E-state index in [0.717, 1.165) is 62.5 Å². The van der Waals surface area contributed by atoms with E-state index < -0.39 is 0 Å². The lowest BCUT2D eigenvalue weighted by molar-refractivity contribution is -0.117. The molecule has 3 aromatic heterocycles. The van der Waals surface area contributed by atoms with Crippen molar-refractivity contribution in [1.29, 1.82) is 0 Å². The molecule has 186 valence electrons. The number of piperazine rings is 1. The van der Waals surface area contributed by atoms with Crippen LogP contribution in [0, 0.1) is 12.8 Å². The number of aryl methyl sites for hydroxylation is 1. The molecule has 1 aliphatic carbocycles. The smallest absolute Gasteiger partial charge is 0.341 e. The normalized spacial score (nSPS) is 18.5. The van der Waals surface area contributed by atoms with Crippen LogP contribution in [0.5, 0.6) is 0 Å². The third kappa shape index (κ3) is 4.87. The number of fused-ring (bicyclic) bond motifs is 2. The van der Waals surface area contributed by atoms with E-state index in [1.165, 1.54) is 22.5 Å². The number of ether oxygens (including phenoxy) is 1. The van der Waals surface area contributed by atoms with Crippen LogP contribution in [0.1, 0.15) is 46.8 Å². The monoisotopic (exact) mass is 497 g/mol. The molecule has 11 heteroatoms. The van der Waals surface area contributed by atoms with E-state index in [-0.39, 0.29) is 18.4 Å². The molecule has 0 aromatic carbocycles. The second kappa shape index (κ2) is 9.90. The second-order valence-electron chi connectivity index (χ2n) is 9.32. The Hall–Kier alpha value is -3.05. The van der Waals surface area contributed by atoms with Crippen LogP contribution in [-0.2, 0) is 22.4 Å². The third-order valence-electron chi connectivity index (χ3n) is 6.67. The summed E-state index contributed by atoms with van der Waals surface area (Å²) >= 11 is 1.53. The van der Waals surface area contributed by atoms with Crippen molar-refractivity contribution in [3.05, 3.63) is 34.1 Å². The summed E-state index contributed by atoms with van der Waals surface area (Å²) in [6.07, 6.45) is 4.36. The van der Waals surface area contributed by atoms with Crippen molar-refractivity contribution in [2.45, 2.75) is 40.0 Å². The Kier molecular flexibility index (Phi) is 6.70. The Morgan fingerprint density at radius 1 is 1.26 bits per heavy atom. The maximum atomic E-state index is 13.0. The zero-order valence-electron chi connectivity index (χ0n) is 20.4. The van der Waals surface area contributed by atoms with Crippen molar-refractivity contribution in [3.8, 4) is 0 Å². The van der Waals surface area contributed by atoms with E-state index in [9.17, 15) is 9.59 Å². The number of anilines is 2. The average molecular weight is 498 g/mol. The number of amides is 1. The predicted octanol–water partition coefficient (Wildman–Crippen LogP) is 2.56. The summed E-state index contributed by atoms with van der Waals surface area (Å²) in [6, 6.07) is 2.01. The molecule has 35 heavy (non-hydrogen) atoms. The maximum Gasteiger partial charge on any atom is 0.341 e. The van der Waals surface area contributed by atoms with Gasteiger partial charge in [0.2, 0.25) is 5.91 Å². The van der Waals surface area contributed by atoms with Gasteiger partial charge in [-0.25, -0.2) is 9.78 Å². The SMILES string of the molecule is CCOC(=O)c1c(NC(=O)CN2CCN(c3cc(C)nc4ncnn34)CC2)sc2c1CC[C@H](C)C2. The van der Waals surface area contributed by atoms with Gasteiger partial charge in [0, 0.05) is 42.8 Å². The molecule has 2 aliphatic rings. The van der Waals surface area contributed by atoms with E-state index >= 15 is 0 Å². The molecule has 5 rings (SSSR count). The number of esters is 1. The fourth-order valence-corrected chi connectivity index (χ4v) is 6.31. The highest BCUT2D eigenvalue weighted by molar-refractivity contribution is 7.17. The van der Waals surface area contributed by atoms with Crippen LogP contribution in [0.3, 0.4) is 0 Å². The fourth-order valence-electron chi connectivity index (χ4n) is 4.90. The van der Waals surface area contributed by atoms with Gasteiger partial charge in [0.25, 0.3) is 5.78 Å². The molecule has 1 N–H and O–H groups in total. The number of carbonyl (C=O) groups is 2. The molecule has 1 amide bonds. The van der Waals surface area contributed by atoms with Crippen LogP contribution < -0.4 is 10.2 Å². The van der Waals surface area contributed by atoms with Gasteiger partial charge in [0.05, 0.1) is 18.7 Å². The lowest BCUT2D eigenvalue weighted by atomic mass is 9.88. The van der Waals surface area contributed by atoms with Gasteiger partial charge in [-0.3, -0.25) is 9.69 Å². The number of nitrogens with one attached hydrogen (secondary N) is 1. The van der Waals surface area contributed by atoms with Gasteiger partial charge in [0.15, 0.2) is 0 Å². The van der Waals surface area contributed by atoms with Crippen LogP contribution in [0.25, 0.3) is 5.78 Å². The predicted molar refractivity (Wildman–Crippen MR) is 134 cm³/mol. The van der Waals surface area contributed by atoms with Gasteiger partial charge in [-0.2, -0.15) is 14.6 Å². The van der Waals surface area contributed by atoms with E-state index in [2.05, 4.69) is 37.1 Å². The Labute approximate surface area is 208 Å². The topological polar surface area (TPSA) is 105 Å². The van der Waals surface area contributed by atoms with Crippen molar-refractivity contribution in [3.63, 3.8) is 0 Å². The van der Waals surface area contributed by atoms with Gasteiger partial charge < -0.3 is 15.0 Å². The van der Waals surface area contributed by atoms with Gasteiger partial charge in [-0.1, -0.05) is 6.92 Å². The molecule has 0 radical (unpaired) electrons. The standard InChI is InChI=1S/C24H31N7O3S/c1-4-34-23(33)21-17-6-5-15(2)11-18(17)35-22(21)28-19(32)13-29-7-9-30(10-8-29)20-12-16(3)27-24-25-14-26-31(20)24/h12,14-15H,4-11,13H2,1-3H3,(H,28,32)/t15-/m0/s1. The molecule has 0 bridgehead atoms. The Bertz CT molecular complexity index is 1250. The highest BCUT2D eigenvalue weighted by Gasteiger charge is 2.30. The molecule has 1 atom stereocenters. The minimum Gasteiger partial charge on any atom is -0.462 e. The Morgan fingerprint density at radius 3 is 2.83 bits per heavy atom. The third-order valence-corrected chi connectivity index (χ3v) is 7.84. The zero-order chi connectivity index (χ0) is 24.5. The number of hydrogen-bond donors (Lipinski definition) is 1. The van der Waals surface area contributed by atoms with E-state index in [4.69, 9.17) is 4.74 Å². The van der Waals surface area contributed by atoms with E-state index in [0.29, 0.717) is 28.9 Å². The molecule has 1 saturated heterocycles. The summed E-state index contributed by atoms with van der Waals surface area (Å²) < 4.78 is 7.08. The Balaban J connectivity index is 1.24. The van der Waals surface area contributed by atoms with Crippen molar-refractivity contribution in [2.24, 2.45) is 5.92 Å². The molecule has 1 fully saturated rings. The van der Waals surface area contributed by atoms with Crippen LogP contribution in [-0.4, -0.2) is 75.7 Å². The first kappa shape index (κ1) is 23.7. The van der Waals surface area contributed by atoms with Crippen LogP contribution in [0.2, 0.25) is 0 Å². The summed E-state index contributed by atoms with van der Waals surface area (Å²) in [7, 11) is 0. The first-order valence-corrected chi connectivity index (χ1v) is 13.0. The summed E-state index contributed by atoms with van der Waals surface area (Å²) in [4.78, 5) is 39.9. The summed E-state index contributed by atoms with van der Waals surface area (Å²) in [5, 5.41) is 7.97. The number of hydrogen-bond acceptors (Lipinski definition) is 9. The zero-order valence-corrected chi connectivity index (χ0v) is 21.2. The largest absolute Gasteiger partial charge is 0.462 e. The Morgan fingerprint density at radius 2 is 2.06 bits per heavy atom. The summed E-state index contributed by atoms with van der Waals surface area (Å²) in [6.45, 7) is 9.60. The van der Waals surface area contributed by atoms with Crippen molar-refractivity contribution in [1.82, 2.24) is 24.5 Å². The molecule has 1 aliphatic heterocycles. The minimum atomic E-state index is -0.337. The first-order valence-electron chi connectivity index (χ1n) is 12.2. The molecule has 4 heterocycles. The number of thiophene rings is 1. The molecule has 0 unspecified atom stereocenters. The summed E-state index contributed by atoms with van der Waals surface area (Å²) in [5.74, 6) is 1.70. The van der Waals surface area contributed by atoms with Gasteiger partial charge in [0.1, 0.15) is 17.1 Å². The molecule has 3 aromatic rings. The van der Waals surface area contributed by atoms with Crippen molar-refractivity contribution < 1.29 is 14.3 Å². The van der Waals surface area contributed by atoms with Crippen LogP contribution in [0.4, 0.5) is 10.8 Å². The van der Waals surface area contributed by atoms with Crippen LogP contribution >= 0.6 is 11.3 Å². The van der Waals surface area contributed by atoms with E-state index in [1.807, 2.05) is 13.0 Å². The lowest BCUT2D eigenvalue weighted by Gasteiger charge is -2.35. The number of carbonyl (C=O) groups excluding carboxylic acids is 2. The minimum absolute atomic E-state index is 0.103. The lowest BCUT2D eigenvalue weighted by Crippen LogP contribution is -2.49. The van der Waals surface area contributed by atoms with Gasteiger partial charge >= 0.3 is 5.97 Å². The van der Waals surface area contributed by atoms with Gasteiger partial charge in [-0.15, -0.1) is 11.3 Å². The highest BCUT2D eigenvalue weighted by atomic mass is 32.1. The summed E-state index contributed by atoms with van der Waals surface area (Å²) in [5.41, 5.74) is 2.51. The highest BCUT2D eigenvalue weighted by Crippen LogP contribution is 2.40. The molecular formula is C24H31N7O3S. The first-order chi connectivity index (χ1) is 16.9. The quantitative estimate of drug-likeness (QED) is 0.518. The molecular weight excluding hydrogens is 466 g/mol. The molecule has 0 spiro atoms.